The molecule has 102 valence electrons. The second kappa shape index (κ2) is 6.21. The number of aryl methyl sites for hydroxylation is 1. The largest absolute Gasteiger partial charge is 0.369 e. The van der Waals surface area contributed by atoms with Crippen LogP contribution in [0.2, 0.25) is 0 Å². The molecule has 1 amide bonds. The van der Waals surface area contributed by atoms with E-state index in [9.17, 15) is 4.79 Å². The molecule has 0 unspecified atom stereocenters. The van der Waals surface area contributed by atoms with Crippen LogP contribution in [0.15, 0.2) is 16.6 Å². The molecule has 0 atom stereocenters. The maximum Gasteiger partial charge on any atom is 0.227 e. The van der Waals surface area contributed by atoms with Gasteiger partial charge in [-0.05, 0) is 19.4 Å². The SMILES string of the molecule is CCc1cc(-c2nnc(SCC(N)=O)n2CC)cs1. The number of rotatable bonds is 6. The van der Waals surface area contributed by atoms with Gasteiger partial charge in [0.05, 0.1) is 5.75 Å². The van der Waals surface area contributed by atoms with Gasteiger partial charge in [0.2, 0.25) is 5.91 Å². The molecule has 0 saturated carbocycles. The Morgan fingerprint density at radius 1 is 1.47 bits per heavy atom. The second-order valence-corrected chi connectivity index (χ2v) is 5.90. The summed E-state index contributed by atoms with van der Waals surface area (Å²) in [6.45, 7) is 4.93. The Hall–Kier alpha value is -1.34. The molecule has 2 heterocycles. The van der Waals surface area contributed by atoms with Crippen molar-refractivity contribution >= 4 is 29.0 Å². The van der Waals surface area contributed by atoms with E-state index in [2.05, 4.69) is 28.6 Å². The maximum absolute atomic E-state index is 10.8. The lowest BCUT2D eigenvalue weighted by atomic mass is 10.2. The fourth-order valence-electron chi connectivity index (χ4n) is 1.71. The molecular weight excluding hydrogens is 280 g/mol. The lowest BCUT2D eigenvalue weighted by Crippen LogP contribution is -2.13. The van der Waals surface area contributed by atoms with Crippen LogP contribution in [0, 0.1) is 0 Å². The molecule has 5 nitrogen and oxygen atoms in total. The van der Waals surface area contributed by atoms with Gasteiger partial charge in [-0.3, -0.25) is 4.79 Å². The first kappa shape index (κ1) is 14.1. The zero-order chi connectivity index (χ0) is 13.8. The molecule has 0 bridgehead atoms. The highest BCUT2D eigenvalue weighted by Gasteiger charge is 2.14. The quantitative estimate of drug-likeness (QED) is 0.829. The molecule has 2 rings (SSSR count). The number of nitrogens with zero attached hydrogens (tertiary/aromatic N) is 3. The Morgan fingerprint density at radius 2 is 2.26 bits per heavy atom. The molecule has 2 aromatic rings. The lowest BCUT2D eigenvalue weighted by Gasteiger charge is -2.05. The van der Waals surface area contributed by atoms with Gasteiger partial charge in [0.25, 0.3) is 0 Å². The van der Waals surface area contributed by atoms with E-state index in [-0.39, 0.29) is 11.7 Å². The van der Waals surface area contributed by atoms with Crippen molar-refractivity contribution < 1.29 is 4.79 Å². The first-order valence-corrected chi connectivity index (χ1v) is 7.94. The monoisotopic (exact) mass is 296 g/mol. The smallest absolute Gasteiger partial charge is 0.227 e. The maximum atomic E-state index is 10.8. The number of carbonyl (C=O) groups is 1. The van der Waals surface area contributed by atoms with Crippen molar-refractivity contribution in [2.75, 3.05) is 5.75 Å². The molecule has 0 saturated heterocycles. The van der Waals surface area contributed by atoms with E-state index in [1.807, 2.05) is 11.5 Å². The minimum atomic E-state index is -0.346. The van der Waals surface area contributed by atoms with Gasteiger partial charge in [0, 0.05) is 22.4 Å². The van der Waals surface area contributed by atoms with Crippen LogP contribution in [0.1, 0.15) is 18.7 Å². The van der Waals surface area contributed by atoms with Gasteiger partial charge in [0.1, 0.15) is 0 Å². The number of hydrogen-bond acceptors (Lipinski definition) is 5. The Morgan fingerprint density at radius 3 is 2.84 bits per heavy atom. The van der Waals surface area contributed by atoms with E-state index in [0.717, 1.165) is 29.5 Å². The van der Waals surface area contributed by atoms with Crippen LogP contribution >= 0.6 is 23.1 Å². The second-order valence-electron chi connectivity index (χ2n) is 3.96. The molecular formula is C12H16N4OS2. The van der Waals surface area contributed by atoms with Crippen molar-refractivity contribution in [1.29, 1.82) is 0 Å². The minimum Gasteiger partial charge on any atom is -0.369 e. The van der Waals surface area contributed by atoms with E-state index < -0.39 is 0 Å². The molecule has 7 heteroatoms. The Labute approximate surface area is 120 Å². The number of thioether (sulfide) groups is 1. The summed E-state index contributed by atoms with van der Waals surface area (Å²) in [6.07, 6.45) is 1.02. The van der Waals surface area contributed by atoms with Gasteiger partial charge in [-0.15, -0.1) is 21.5 Å². The summed E-state index contributed by atoms with van der Waals surface area (Å²) in [4.78, 5) is 12.2. The Balaban J connectivity index is 2.28. The van der Waals surface area contributed by atoms with Crippen LogP contribution in [0.4, 0.5) is 0 Å². The lowest BCUT2D eigenvalue weighted by molar-refractivity contribution is -0.115. The molecule has 2 N–H and O–H groups in total. The van der Waals surface area contributed by atoms with Crippen molar-refractivity contribution in [3.63, 3.8) is 0 Å². The highest BCUT2D eigenvalue weighted by atomic mass is 32.2. The van der Waals surface area contributed by atoms with Crippen LogP contribution in [0.3, 0.4) is 0 Å². The Bertz CT molecular complexity index is 576. The first-order chi connectivity index (χ1) is 9.15. The number of primary amides is 1. The number of aromatic nitrogens is 3. The van der Waals surface area contributed by atoms with Gasteiger partial charge in [-0.25, -0.2) is 0 Å². The molecule has 0 aliphatic heterocycles. The average Bonchev–Trinajstić information content (AvgIpc) is 3.01. The molecule has 0 radical (unpaired) electrons. The van der Waals surface area contributed by atoms with Crippen LogP contribution in [0.5, 0.6) is 0 Å². The van der Waals surface area contributed by atoms with Crippen LogP contribution in [0.25, 0.3) is 11.4 Å². The summed E-state index contributed by atoms with van der Waals surface area (Å²) >= 11 is 3.06. The van der Waals surface area contributed by atoms with Crippen LogP contribution in [-0.4, -0.2) is 26.4 Å². The highest BCUT2D eigenvalue weighted by Crippen LogP contribution is 2.27. The van der Waals surface area contributed by atoms with E-state index in [4.69, 9.17) is 5.73 Å². The third-order valence-corrected chi connectivity index (χ3v) is 4.71. The van der Waals surface area contributed by atoms with Gasteiger partial charge < -0.3 is 10.3 Å². The Kier molecular flexibility index (Phi) is 4.60. The first-order valence-electron chi connectivity index (χ1n) is 6.07. The van der Waals surface area contributed by atoms with Crippen LogP contribution < -0.4 is 5.73 Å². The van der Waals surface area contributed by atoms with Crippen molar-refractivity contribution in [1.82, 2.24) is 14.8 Å². The van der Waals surface area contributed by atoms with Crippen molar-refractivity contribution in [2.24, 2.45) is 5.73 Å². The summed E-state index contributed by atoms with van der Waals surface area (Å²) in [5, 5.41) is 11.2. The van der Waals surface area contributed by atoms with Crippen LogP contribution in [-0.2, 0) is 17.8 Å². The van der Waals surface area contributed by atoms with E-state index in [1.54, 1.807) is 11.3 Å². The van der Waals surface area contributed by atoms with E-state index >= 15 is 0 Å². The minimum absolute atomic E-state index is 0.224. The molecule has 0 fully saturated rings. The summed E-state index contributed by atoms with van der Waals surface area (Å²) < 4.78 is 2.01. The molecule has 2 aromatic heterocycles. The topological polar surface area (TPSA) is 73.8 Å². The summed E-state index contributed by atoms with van der Waals surface area (Å²) in [5.74, 6) is 0.730. The molecule has 0 spiro atoms. The van der Waals surface area contributed by atoms with Crippen molar-refractivity contribution in [2.45, 2.75) is 32.0 Å². The number of nitrogens with two attached hydrogens (primary N) is 1. The number of thiophene rings is 1. The number of carbonyl (C=O) groups excluding carboxylic acids is 1. The normalized spacial score (nSPS) is 10.8. The summed E-state index contributed by atoms with van der Waals surface area (Å²) in [6, 6.07) is 2.14. The highest BCUT2D eigenvalue weighted by molar-refractivity contribution is 7.99. The summed E-state index contributed by atoms with van der Waals surface area (Å²) in [5.41, 5.74) is 6.24. The van der Waals surface area contributed by atoms with Gasteiger partial charge in [-0.1, -0.05) is 18.7 Å². The zero-order valence-electron chi connectivity index (χ0n) is 10.9. The number of hydrogen-bond donors (Lipinski definition) is 1. The fraction of sp³-hybridized carbons (Fsp3) is 0.417. The van der Waals surface area contributed by atoms with Gasteiger partial charge in [0.15, 0.2) is 11.0 Å². The van der Waals surface area contributed by atoms with E-state index in [1.165, 1.54) is 16.6 Å². The van der Waals surface area contributed by atoms with E-state index in [0.29, 0.717) is 0 Å². The molecule has 19 heavy (non-hydrogen) atoms. The number of amides is 1. The third-order valence-electron chi connectivity index (χ3n) is 2.64. The molecule has 0 aromatic carbocycles. The predicted octanol–water partition coefficient (Wildman–Crippen LogP) is 2.17. The molecule has 0 aliphatic rings. The van der Waals surface area contributed by atoms with Gasteiger partial charge >= 0.3 is 0 Å². The molecule has 0 aliphatic carbocycles. The predicted molar refractivity (Wildman–Crippen MR) is 78.3 cm³/mol. The standard InChI is InChI=1S/C12H16N4OS2/c1-3-9-5-8(6-18-9)11-14-15-12(16(11)4-2)19-7-10(13)17/h5-6H,3-4,7H2,1-2H3,(H2,13,17). The average molecular weight is 296 g/mol. The van der Waals surface area contributed by atoms with Crippen molar-refractivity contribution in [3.05, 3.63) is 16.3 Å². The zero-order valence-corrected chi connectivity index (χ0v) is 12.6. The third kappa shape index (κ3) is 3.16. The van der Waals surface area contributed by atoms with Crippen molar-refractivity contribution in [3.8, 4) is 11.4 Å². The fourth-order valence-corrected chi connectivity index (χ4v) is 3.27. The summed E-state index contributed by atoms with van der Waals surface area (Å²) in [7, 11) is 0. The van der Waals surface area contributed by atoms with Gasteiger partial charge in [-0.2, -0.15) is 0 Å².